The molecule has 2 aliphatic rings. The fraction of sp³-hybridized carbons (Fsp3) is 0.320. The standard InChI is InChI=1S/C24H23N3O5.CH4/c28-21-19(13-18-3-1-2-4-20(18)25-21)16-5-7-17(8-6-16)22(29)26-9-11-27(12-10-26)23(30)24(31)14-32-15-24;/h1-8,13,31H,9-12,14-15H2,(H,25,28);1H4. The van der Waals surface area contributed by atoms with Gasteiger partial charge in [-0.15, -0.1) is 0 Å². The summed E-state index contributed by atoms with van der Waals surface area (Å²) < 4.78 is 4.95. The highest BCUT2D eigenvalue weighted by atomic mass is 16.5. The Morgan fingerprint density at radius 1 is 0.939 bits per heavy atom. The Hall–Kier alpha value is -3.49. The maximum atomic E-state index is 12.9. The molecule has 0 atom stereocenters. The molecule has 2 amide bonds. The number of aliphatic hydroxyl groups is 1. The van der Waals surface area contributed by atoms with Gasteiger partial charge in [0, 0.05) is 42.8 Å². The fourth-order valence-corrected chi connectivity index (χ4v) is 4.16. The lowest BCUT2D eigenvalue weighted by Gasteiger charge is -2.42. The van der Waals surface area contributed by atoms with E-state index >= 15 is 0 Å². The average molecular weight is 450 g/mol. The van der Waals surface area contributed by atoms with Crippen LogP contribution in [0.5, 0.6) is 0 Å². The van der Waals surface area contributed by atoms with Crippen molar-refractivity contribution < 1.29 is 19.4 Å². The zero-order valence-electron chi connectivity index (χ0n) is 17.4. The second kappa shape index (κ2) is 8.80. The number of benzene rings is 2. The number of amides is 2. The van der Waals surface area contributed by atoms with Crippen LogP contribution >= 0.6 is 0 Å². The van der Waals surface area contributed by atoms with Gasteiger partial charge in [-0.3, -0.25) is 14.4 Å². The molecule has 3 aromatic rings. The van der Waals surface area contributed by atoms with E-state index in [0.29, 0.717) is 37.3 Å². The predicted molar refractivity (Wildman–Crippen MR) is 125 cm³/mol. The van der Waals surface area contributed by atoms with Gasteiger partial charge in [-0.25, -0.2) is 0 Å². The number of pyridine rings is 1. The molecule has 0 bridgehead atoms. The summed E-state index contributed by atoms with van der Waals surface area (Å²) in [7, 11) is 0. The van der Waals surface area contributed by atoms with Gasteiger partial charge >= 0.3 is 0 Å². The van der Waals surface area contributed by atoms with E-state index in [4.69, 9.17) is 4.74 Å². The summed E-state index contributed by atoms with van der Waals surface area (Å²) in [6.07, 6.45) is 0. The number of aromatic nitrogens is 1. The number of fused-ring (bicyclic) bond motifs is 1. The molecule has 0 saturated carbocycles. The highest BCUT2D eigenvalue weighted by molar-refractivity contribution is 5.95. The summed E-state index contributed by atoms with van der Waals surface area (Å²) in [5.41, 5.74) is 0.997. The molecule has 8 nitrogen and oxygen atoms in total. The Labute approximate surface area is 191 Å². The summed E-state index contributed by atoms with van der Waals surface area (Å²) in [6, 6.07) is 16.4. The van der Waals surface area contributed by atoms with Gasteiger partial charge in [-0.1, -0.05) is 37.8 Å². The van der Waals surface area contributed by atoms with Gasteiger partial charge in [0.2, 0.25) is 0 Å². The first-order valence-corrected chi connectivity index (χ1v) is 10.6. The van der Waals surface area contributed by atoms with Crippen LogP contribution in [0.15, 0.2) is 59.4 Å². The van der Waals surface area contributed by atoms with Gasteiger partial charge in [0.1, 0.15) is 0 Å². The van der Waals surface area contributed by atoms with Crippen LogP contribution in [-0.2, 0) is 9.53 Å². The van der Waals surface area contributed by atoms with Crippen LogP contribution in [0.3, 0.4) is 0 Å². The van der Waals surface area contributed by atoms with Gasteiger partial charge in [-0.2, -0.15) is 0 Å². The van der Waals surface area contributed by atoms with E-state index in [1.807, 2.05) is 30.3 Å². The Balaban J connectivity index is 0.00000259. The van der Waals surface area contributed by atoms with E-state index in [-0.39, 0.29) is 38.0 Å². The van der Waals surface area contributed by atoms with Crippen molar-refractivity contribution in [3.05, 3.63) is 70.5 Å². The number of rotatable bonds is 3. The number of nitrogens with one attached hydrogen (secondary N) is 1. The van der Waals surface area contributed by atoms with E-state index in [9.17, 15) is 19.5 Å². The molecule has 2 fully saturated rings. The number of ether oxygens (including phenoxy) is 1. The number of carbonyl (C=O) groups excluding carboxylic acids is 2. The molecule has 0 radical (unpaired) electrons. The minimum Gasteiger partial charge on any atom is -0.376 e. The largest absolute Gasteiger partial charge is 0.376 e. The van der Waals surface area contributed by atoms with Gasteiger partial charge in [0.05, 0.1) is 13.2 Å². The molecule has 3 heterocycles. The van der Waals surface area contributed by atoms with Crippen molar-refractivity contribution in [2.24, 2.45) is 0 Å². The predicted octanol–water partition coefficient (Wildman–Crippen LogP) is 1.88. The fourth-order valence-electron chi connectivity index (χ4n) is 4.16. The monoisotopic (exact) mass is 449 g/mol. The minimum absolute atomic E-state index is 0. The molecule has 8 heteroatoms. The van der Waals surface area contributed by atoms with Crippen molar-refractivity contribution in [2.45, 2.75) is 13.0 Å². The number of aromatic amines is 1. The van der Waals surface area contributed by atoms with Crippen molar-refractivity contribution in [2.75, 3.05) is 39.4 Å². The number of para-hydroxylation sites is 1. The smallest absolute Gasteiger partial charge is 0.259 e. The molecule has 172 valence electrons. The third-order valence-corrected chi connectivity index (χ3v) is 6.13. The number of carbonyl (C=O) groups is 2. The van der Waals surface area contributed by atoms with Crippen molar-refractivity contribution in [3.63, 3.8) is 0 Å². The van der Waals surface area contributed by atoms with Gasteiger partial charge in [0.25, 0.3) is 17.4 Å². The van der Waals surface area contributed by atoms with Crippen LogP contribution < -0.4 is 5.56 Å². The Bertz CT molecular complexity index is 1240. The first kappa shape index (κ1) is 22.7. The number of H-pyrrole nitrogens is 1. The van der Waals surface area contributed by atoms with Crippen LogP contribution in [0.4, 0.5) is 0 Å². The molecular weight excluding hydrogens is 422 g/mol. The quantitative estimate of drug-likeness (QED) is 0.636. The highest BCUT2D eigenvalue weighted by Crippen LogP contribution is 2.22. The molecule has 0 spiro atoms. The third kappa shape index (κ3) is 4.15. The second-order valence-electron chi connectivity index (χ2n) is 8.29. The van der Waals surface area contributed by atoms with Gasteiger partial charge < -0.3 is 24.6 Å². The molecule has 2 N–H and O–H groups in total. The lowest BCUT2D eigenvalue weighted by Crippen LogP contribution is -2.64. The van der Waals surface area contributed by atoms with E-state index in [1.165, 1.54) is 0 Å². The summed E-state index contributed by atoms with van der Waals surface area (Å²) in [5, 5.41) is 11.1. The van der Waals surface area contributed by atoms with E-state index in [2.05, 4.69) is 4.98 Å². The SMILES string of the molecule is C.O=C(c1ccc(-c2cc3ccccc3[nH]c2=O)cc1)N1CCN(C(=O)C2(O)COC2)CC1. The second-order valence-corrected chi connectivity index (χ2v) is 8.29. The summed E-state index contributed by atoms with van der Waals surface area (Å²) in [5.74, 6) is -0.456. The summed E-state index contributed by atoms with van der Waals surface area (Å²) in [4.78, 5) is 44.0. The average Bonchev–Trinajstić information content (AvgIpc) is 2.81. The Morgan fingerprint density at radius 3 is 2.21 bits per heavy atom. The van der Waals surface area contributed by atoms with Crippen LogP contribution in [0, 0.1) is 0 Å². The van der Waals surface area contributed by atoms with E-state index in [1.54, 1.807) is 34.1 Å². The first-order chi connectivity index (χ1) is 15.4. The zero-order chi connectivity index (χ0) is 22.3. The number of hydrogen-bond acceptors (Lipinski definition) is 5. The van der Waals surface area contributed by atoms with E-state index < -0.39 is 5.60 Å². The summed E-state index contributed by atoms with van der Waals surface area (Å²) >= 11 is 0. The maximum absolute atomic E-state index is 12.9. The highest BCUT2D eigenvalue weighted by Gasteiger charge is 2.46. The normalized spacial score (nSPS) is 17.2. The molecule has 2 aliphatic heterocycles. The van der Waals surface area contributed by atoms with Gasteiger partial charge in [0.15, 0.2) is 5.60 Å². The van der Waals surface area contributed by atoms with Crippen molar-refractivity contribution in [1.82, 2.24) is 14.8 Å². The number of nitrogens with zero attached hydrogens (tertiary/aromatic N) is 2. The molecule has 5 rings (SSSR count). The molecule has 0 unspecified atom stereocenters. The molecule has 1 aromatic heterocycles. The van der Waals surface area contributed by atoms with Gasteiger partial charge in [-0.05, 0) is 35.2 Å². The zero-order valence-corrected chi connectivity index (χ0v) is 17.4. The van der Waals surface area contributed by atoms with Crippen molar-refractivity contribution in [1.29, 1.82) is 0 Å². The first-order valence-electron chi connectivity index (χ1n) is 10.6. The maximum Gasteiger partial charge on any atom is 0.259 e. The Kier molecular flexibility index (Phi) is 6.05. The van der Waals surface area contributed by atoms with E-state index in [0.717, 1.165) is 16.5 Å². The third-order valence-electron chi connectivity index (χ3n) is 6.13. The van der Waals surface area contributed by atoms with Crippen molar-refractivity contribution >= 4 is 22.7 Å². The number of hydrogen-bond donors (Lipinski definition) is 2. The van der Waals surface area contributed by atoms with Crippen molar-refractivity contribution in [3.8, 4) is 11.1 Å². The van der Waals surface area contributed by atoms with Crippen LogP contribution in [0.25, 0.3) is 22.0 Å². The minimum atomic E-state index is -1.41. The lowest BCUT2D eigenvalue weighted by atomic mass is 10.00. The molecule has 33 heavy (non-hydrogen) atoms. The Morgan fingerprint density at radius 2 is 1.58 bits per heavy atom. The van der Waals surface area contributed by atoms with Crippen LogP contribution in [0.2, 0.25) is 0 Å². The topological polar surface area (TPSA) is 103 Å². The van der Waals surface area contributed by atoms with Crippen LogP contribution in [0.1, 0.15) is 17.8 Å². The molecule has 0 aliphatic carbocycles. The molecular formula is C25H27N3O5. The molecule has 2 aromatic carbocycles. The lowest BCUT2D eigenvalue weighted by molar-refractivity contribution is -0.201. The number of piperazine rings is 1. The summed E-state index contributed by atoms with van der Waals surface area (Å²) in [6.45, 7) is 1.59. The van der Waals surface area contributed by atoms with Crippen LogP contribution in [-0.4, -0.2) is 76.7 Å². The molecule has 2 saturated heterocycles.